The van der Waals surface area contributed by atoms with Crippen LogP contribution in [0.25, 0.3) is 0 Å². The summed E-state index contributed by atoms with van der Waals surface area (Å²) in [5.74, 6) is 0. The largest absolute Gasteiger partial charge is 0.401 e. The maximum absolute atomic E-state index is 12.3. The zero-order valence-corrected chi connectivity index (χ0v) is 11.1. The monoisotopic (exact) mass is 280 g/mol. The van der Waals surface area contributed by atoms with Crippen LogP contribution < -0.4 is 5.32 Å². The molecular formula is C13H23F3N2O. The van der Waals surface area contributed by atoms with Crippen LogP contribution >= 0.6 is 0 Å². The van der Waals surface area contributed by atoms with E-state index >= 15 is 0 Å². The van der Waals surface area contributed by atoms with E-state index in [1.165, 1.54) is 4.90 Å². The summed E-state index contributed by atoms with van der Waals surface area (Å²) in [6, 6.07) is 0.384. The Morgan fingerprint density at radius 3 is 2.26 bits per heavy atom. The number of piperidine rings is 1. The minimum absolute atomic E-state index is 0.132. The first-order valence-electron chi connectivity index (χ1n) is 7.17. The molecule has 0 spiro atoms. The highest BCUT2D eigenvalue weighted by Crippen LogP contribution is 2.22. The Labute approximate surface area is 112 Å². The lowest BCUT2D eigenvalue weighted by atomic mass is 9.91. The smallest absolute Gasteiger partial charge is 0.392 e. The second-order valence-electron chi connectivity index (χ2n) is 5.79. The number of halogens is 3. The quantitative estimate of drug-likeness (QED) is 0.829. The van der Waals surface area contributed by atoms with Crippen LogP contribution in [0.3, 0.4) is 0 Å². The molecule has 2 fully saturated rings. The standard InChI is InChI=1S/C13H23F3N2O/c14-13(15,16)9-18-7-5-10(6-8-18)17-11-3-1-2-4-12(11)19/h10-12,17,19H,1-9H2. The lowest BCUT2D eigenvalue weighted by molar-refractivity contribution is -0.148. The van der Waals surface area contributed by atoms with Crippen molar-refractivity contribution in [3.05, 3.63) is 0 Å². The van der Waals surface area contributed by atoms with Gasteiger partial charge in [0.25, 0.3) is 0 Å². The van der Waals surface area contributed by atoms with Gasteiger partial charge in [0.05, 0.1) is 12.6 Å². The molecule has 3 nitrogen and oxygen atoms in total. The van der Waals surface area contributed by atoms with Crippen molar-refractivity contribution in [2.45, 2.75) is 62.9 Å². The van der Waals surface area contributed by atoms with Crippen LogP contribution in [-0.2, 0) is 0 Å². The van der Waals surface area contributed by atoms with Crippen molar-refractivity contribution in [3.8, 4) is 0 Å². The Morgan fingerprint density at radius 1 is 1.05 bits per heavy atom. The van der Waals surface area contributed by atoms with Gasteiger partial charge in [-0.25, -0.2) is 0 Å². The summed E-state index contributed by atoms with van der Waals surface area (Å²) in [6.45, 7) is 0.172. The van der Waals surface area contributed by atoms with E-state index < -0.39 is 12.7 Å². The van der Waals surface area contributed by atoms with E-state index in [1.54, 1.807) is 0 Å². The van der Waals surface area contributed by atoms with Gasteiger partial charge >= 0.3 is 6.18 Å². The van der Waals surface area contributed by atoms with E-state index in [-0.39, 0.29) is 18.2 Å². The van der Waals surface area contributed by atoms with Gasteiger partial charge in [-0.15, -0.1) is 0 Å². The minimum atomic E-state index is -4.10. The van der Waals surface area contributed by atoms with Gasteiger partial charge in [-0.3, -0.25) is 4.90 Å². The van der Waals surface area contributed by atoms with E-state index in [0.717, 1.165) is 38.5 Å². The van der Waals surface area contributed by atoms with Crippen LogP contribution in [0.4, 0.5) is 13.2 Å². The minimum Gasteiger partial charge on any atom is -0.392 e. The highest BCUT2D eigenvalue weighted by atomic mass is 19.4. The summed E-state index contributed by atoms with van der Waals surface area (Å²) in [4.78, 5) is 1.47. The van der Waals surface area contributed by atoms with Crippen molar-refractivity contribution in [2.24, 2.45) is 0 Å². The Bertz CT molecular complexity index is 278. The van der Waals surface area contributed by atoms with Crippen LogP contribution in [0.2, 0.25) is 0 Å². The van der Waals surface area contributed by atoms with Gasteiger partial charge < -0.3 is 10.4 Å². The molecule has 2 rings (SSSR count). The summed E-state index contributed by atoms with van der Waals surface area (Å²) < 4.78 is 36.8. The average Bonchev–Trinajstić information content (AvgIpc) is 2.33. The topological polar surface area (TPSA) is 35.5 Å². The maximum atomic E-state index is 12.3. The van der Waals surface area contributed by atoms with Crippen molar-refractivity contribution >= 4 is 0 Å². The lowest BCUT2D eigenvalue weighted by Crippen LogP contribution is -2.51. The number of hydrogen-bond donors (Lipinski definition) is 2. The van der Waals surface area contributed by atoms with Gasteiger partial charge in [-0.2, -0.15) is 13.2 Å². The zero-order chi connectivity index (χ0) is 13.9. The highest BCUT2D eigenvalue weighted by Gasteiger charge is 2.33. The van der Waals surface area contributed by atoms with E-state index in [0.29, 0.717) is 13.1 Å². The third kappa shape index (κ3) is 4.93. The Balaban J connectivity index is 1.71. The van der Waals surface area contributed by atoms with Crippen LogP contribution in [-0.4, -0.2) is 54.0 Å². The molecule has 1 saturated carbocycles. The number of likely N-dealkylation sites (tertiary alicyclic amines) is 1. The van der Waals surface area contributed by atoms with Crippen molar-refractivity contribution in [1.29, 1.82) is 0 Å². The zero-order valence-electron chi connectivity index (χ0n) is 11.1. The molecule has 2 aliphatic rings. The summed E-state index contributed by atoms with van der Waals surface area (Å²) >= 11 is 0. The van der Waals surface area contributed by atoms with Crippen molar-refractivity contribution < 1.29 is 18.3 Å². The maximum Gasteiger partial charge on any atom is 0.401 e. The van der Waals surface area contributed by atoms with E-state index in [4.69, 9.17) is 0 Å². The summed E-state index contributed by atoms with van der Waals surface area (Å²) in [5, 5.41) is 13.3. The number of nitrogens with zero attached hydrogens (tertiary/aromatic N) is 1. The van der Waals surface area contributed by atoms with Crippen molar-refractivity contribution in [1.82, 2.24) is 10.2 Å². The van der Waals surface area contributed by atoms with Gasteiger partial charge in [-0.05, 0) is 38.8 Å². The predicted molar refractivity (Wildman–Crippen MR) is 66.9 cm³/mol. The molecule has 0 aromatic carbocycles. The van der Waals surface area contributed by atoms with E-state index in [1.807, 2.05) is 0 Å². The SMILES string of the molecule is OC1CCCCC1NC1CCN(CC(F)(F)F)CC1. The van der Waals surface area contributed by atoms with Crippen LogP contribution in [0.15, 0.2) is 0 Å². The fraction of sp³-hybridized carbons (Fsp3) is 1.00. The first kappa shape index (κ1) is 15.1. The molecule has 0 amide bonds. The Morgan fingerprint density at radius 2 is 1.68 bits per heavy atom. The predicted octanol–water partition coefficient (Wildman–Crippen LogP) is 1.91. The van der Waals surface area contributed by atoms with E-state index in [9.17, 15) is 18.3 Å². The first-order chi connectivity index (χ1) is 8.94. The molecule has 1 saturated heterocycles. The number of rotatable bonds is 3. The molecule has 0 radical (unpaired) electrons. The van der Waals surface area contributed by atoms with Crippen molar-refractivity contribution in [2.75, 3.05) is 19.6 Å². The Hall–Kier alpha value is -0.330. The van der Waals surface area contributed by atoms with Crippen LogP contribution in [0, 0.1) is 0 Å². The molecule has 2 atom stereocenters. The molecule has 0 aromatic heterocycles. The number of hydrogen-bond acceptors (Lipinski definition) is 3. The second kappa shape index (κ2) is 6.41. The van der Waals surface area contributed by atoms with E-state index in [2.05, 4.69) is 5.32 Å². The number of nitrogens with one attached hydrogen (secondary N) is 1. The number of alkyl halides is 3. The van der Waals surface area contributed by atoms with Crippen LogP contribution in [0.1, 0.15) is 38.5 Å². The molecule has 1 aliphatic carbocycles. The van der Waals surface area contributed by atoms with Gasteiger partial charge in [0, 0.05) is 12.1 Å². The molecule has 6 heteroatoms. The molecular weight excluding hydrogens is 257 g/mol. The van der Waals surface area contributed by atoms with Crippen molar-refractivity contribution in [3.63, 3.8) is 0 Å². The van der Waals surface area contributed by atoms with Gasteiger partial charge in [0.2, 0.25) is 0 Å². The highest BCUT2D eigenvalue weighted by molar-refractivity contribution is 4.86. The number of aliphatic hydroxyl groups is 1. The Kier molecular flexibility index (Phi) is 5.09. The molecule has 112 valence electrons. The van der Waals surface area contributed by atoms with Gasteiger partial charge in [-0.1, -0.05) is 12.8 Å². The summed E-state index contributed by atoms with van der Waals surface area (Å²) in [6.07, 6.45) is 1.10. The molecule has 1 aliphatic heterocycles. The summed E-state index contributed by atoms with van der Waals surface area (Å²) in [5.41, 5.74) is 0. The van der Waals surface area contributed by atoms with Gasteiger partial charge in [0.1, 0.15) is 0 Å². The third-order valence-electron chi connectivity index (χ3n) is 4.17. The molecule has 1 heterocycles. The van der Waals surface area contributed by atoms with Crippen LogP contribution in [0.5, 0.6) is 0 Å². The normalized spacial score (nSPS) is 31.6. The lowest BCUT2D eigenvalue weighted by Gasteiger charge is -2.37. The fourth-order valence-corrected chi connectivity index (χ4v) is 3.12. The average molecular weight is 280 g/mol. The molecule has 2 N–H and O–H groups in total. The van der Waals surface area contributed by atoms with Gasteiger partial charge in [0.15, 0.2) is 0 Å². The molecule has 0 aromatic rings. The fourth-order valence-electron chi connectivity index (χ4n) is 3.12. The second-order valence-corrected chi connectivity index (χ2v) is 5.79. The summed E-state index contributed by atoms with van der Waals surface area (Å²) in [7, 11) is 0. The molecule has 0 bridgehead atoms. The molecule has 2 unspecified atom stereocenters. The first-order valence-corrected chi connectivity index (χ1v) is 7.17. The third-order valence-corrected chi connectivity index (χ3v) is 4.17. The number of aliphatic hydroxyl groups excluding tert-OH is 1. The molecule has 19 heavy (non-hydrogen) atoms.